The zero-order valence-corrected chi connectivity index (χ0v) is 13.5. The molecule has 0 bridgehead atoms. The van der Waals surface area contributed by atoms with Crippen LogP contribution in [0.25, 0.3) is 11.3 Å². The van der Waals surface area contributed by atoms with E-state index in [1.165, 1.54) is 22.7 Å². The summed E-state index contributed by atoms with van der Waals surface area (Å²) < 4.78 is 31.6. The van der Waals surface area contributed by atoms with Gasteiger partial charge in [0.25, 0.3) is 10.0 Å². The number of thiophene rings is 1. The molecule has 114 valence electrons. The molecule has 0 fully saturated rings. The lowest BCUT2D eigenvalue weighted by molar-refractivity contribution is 0.402. The maximum Gasteiger partial charge on any atom is 0.252 e. The van der Waals surface area contributed by atoms with Crippen LogP contribution in [0.1, 0.15) is 5.69 Å². The van der Waals surface area contributed by atoms with E-state index in [0.29, 0.717) is 15.7 Å². The largest absolute Gasteiger partial charge is 0.356 e. The van der Waals surface area contributed by atoms with Gasteiger partial charge in [0.15, 0.2) is 5.76 Å². The summed E-state index contributed by atoms with van der Waals surface area (Å²) in [6, 6.07) is 14.6. The molecule has 0 amide bonds. The van der Waals surface area contributed by atoms with Crippen LogP contribution >= 0.6 is 11.3 Å². The Morgan fingerprint density at radius 1 is 1.18 bits per heavy atom. The van der Waals surface area contributed by atoms with E-state index < -0.39 is 10.0 Å². The molecule has 0 aliphatic rings. The van der Waals surface area contributed by atoms with Gasteiger partial charge in [-0.1, -0.05) is 41.6 Å². The molecule has 0 saturated carbocycles. The van der Waals surface area contributed by atoms with Crippen molar-refractivity contribution < 1.29 is 12.9 Å². The average molecular weight is 334 g/mol. The first-order valence-electron chi connectivity index (χ1n) is 6.58. The lowest BCUT2D eigenvalue weighted by atomic mass is 10.2. The molecule has 3 rings (SSSR count). The predicted molar refractivity (Wildman–Crippen MR) is 84.9 cm³/mol. The zero-order valence-electron chi connectivity index (χ0n) is 11.8. The minimum Gasteiger partial charge on any atom is -0.356 e. The molecule has 0 unspecified atom stereocenters. The molecule has 2 heterocycles. The van der Waals surface area contributed by atoms with Gasteiger partial charge >= 0.3 is 0 Å². The van der Waals surface area contributed by atoms with Gasteiger partial charge in [-0.3, -0.25) is 0 Å². The molecule has 0 atom stereocenters. The van der Waals surface area contributed by atoms with Crippen molar-refractivity contribution in [2.75, 3.05) is 7.05 Å². The number of rotatable bonds is 5. The van der Waals surface area contributed by atoms with Crippen LogP contribution in [0.5, 0.6) is 0 Å². The van der Waals surface area contributed by atoms with Crippen molar-refractivity contribution in [1.29, 1.82) is 0 Å². The second kappa shape index (κ2) is 6.04. The number of benzene rings is 1. The van der Waals surface area contributed by atoms with Crippen molar-refractivity contribution in [3.63, 3.8) is 0 Å². The van der Waals surface area contributed by atoms with Crippen molar-refractivity contribution in [2.24, 2.45) is 0 Å². The van der Waals surface area contributed by atoms with E-state index in [4.69, 9.17) is 4.52 Å². The molecule has 3 aromatic rings. The standard InChI is InChI=1S/C15H14N2O3S2/c1-17(22(18,19)15-8-5-9-21-15)11-13-10-14(20-16-13)12-6-3-2-4-7-12/h2-10H,11H2,1H3. The van der Waals surface area contributed by atoms with Crippen molar-refractivity contribution >= 4 is 21.4 Å². The van der Waals surface area contributed by atoms with Crippen LogP contribution in [0.3, 0.4) is 0 Å². The highest BCUT2D eigenvalue weighted by Gasteiger charge is 2.23. The summed E-state index contributed by atoms with van der Waals surface area (Å²) >= 11 is 1.20. The van der Waals surface area contributed by atoms with Gasteiger partial charge in [-0.05, 0) is 11.4 Å². The lowest BCUT2D eigenvalue weighted by Crippen LogP contribution is -2.25. The fourth-order valence-corrected chi connectivity index (χ4v) is 4.34. The Morgan fingerprint density at radius 2 is 1.95 bits per heavy atom. The van der Waals surface area contributed by atoms with Crippen molar-refractivity contribution in [2.45, 2.75) is 10.8 Å². The molecule has 2 aromatic heterocycles. The van der Waals surface area contributed by atoms with E-state index in [0.717, 1.165) is 5.56 Å². The van der Waals surface area contributed by atoms with Crippen molar-refractivity contribution in [1.82, 2.24) is 9.46 Å². The van der Waals surface area contributed by atoms with Crippen molar-refractivity contribution in [3.05, 3.63) is 59.6 Å². The third kappa shape index (κ3) is 2.96. The highest BCUT2D eigenvalue weighted by atomic mass is 32.2. The lowest BCUT2D eigenvalue weighted by Gasteiger charge is -2.13. The van der Waals surface area contributed by atoms with Crippen LogP contribution in [-0.2, 0) is 16.6 Å². The third-order valence-electron chi connectivity index (χ3n) is 3.16. The Hall–Kier alpha value is -1.96. The Bertz CT molecular complexity index is 840. The molecule has 1 aromatic carbocycles. The molecule has 0 N–H and O–H groups in total. The number of hydrogen-bond donors (Lipinski definition) is 0. The van der Waals surface area contributed by atoms with Gasteiger partial charge in [0.2, 0.25) is 0 Å². The van der Waals surface area contributed by atoms with Crippen LogP contribution in [0, 0.1) is 0 Å². The van der Waals surface area contributed by atoms with E-state index in [-0.39, 0.29) is 6.54 Å². The van der Waals surface area contributed by atoms with Crippen LogP contribution in [0.2, 0.25) is 0 Å². The van der Waals surface area contributed by atoms with Crippen LogP contribution < -0.4 is 0 Å². The first-order chi connectivity index (χ1) is 10.6. The summed E-state index contributed by atoms with van der Waals surface area (Å²) in [5, 5.41) is 5.69. The summed E-state index contributed by atoms with van der Waals surface area (Å²) in [5.41, 5.74) is 1.48. The van der Waals surface area contributed by atoms with E-state index in [2.05, 4.69) is 5.16 Å². The van der Waals surface area contributed by atoms with Gasteiger partial charge in [-0.25, -0.2) is 8.42 Å². The minimum atomic E-state index is -3.48. The Morgan fingerprint density at radius 3 is 2.64 bits per heavy atom. The SMILES string of the molecule is CN(Cc1cc(-c2ccccc2)on1)S(=O)(=O)c1cccs1. The Balaban J connectivity index is 1.78. The smallest absolute Gasteiger partial charge is 0.252 e. The maximum atomic E-state index is 12.4. The van der Waals surface area contributed by atoms with Gasteiger partial charge in [-0.2, -0.15) is 4.31 Å². The fourth-order valence-electron chi connectivity index (χ4n) is 2.00. The molecule has 0 aliphatic heterocycles. The average Bonchev–Trinajstić information content (AvgIpc) is 3.20. The topological polar surface area (TPSA) is 63.4 Å². The molecule has 0 radical (unpaired) electrons. The molecular weight excluding hydrogens is 320 g/mol. The molecule has 0 aliphatic carbocycles. The quantitative estimate of drug-likeness (QED) is 0.719. The Labute approximate surface area is 132 Å². The van der Waals surface area contributed by atoms with Crippen LogP contribution in [0.4, 0.5) is 0 Å². The zero-order chi connectivity index (χ0) is 15.6. The molecular formula is C15H14N2O3S2. The second-order valence-electron chi connectivity index (χ2n) is 4.74. The molecule has 0 spiro atoms. The number of sulfonamides is 1. The maximum absolute atomic E-state index is 12.4. The second-order valence-corrected chi connectivity index (χ2v) is 7.96. The first-order valence-corrected chi connectivity index (χ1v) is 8.90. The highest BCUT2D eigenvalue weighted by Crippen LogP contribution is 2.23. The van der Waals surface area contributed by atoms with Crippen LogP contribution in [-0.4, -0.2) is 24.9 Å². The fraction of sp³-hybridized carbons (Fsp3) is 0.133. The highest BCUT2D eigenvalue weighted by molar-refractivity contribution is 7.91. The molecule has 5 nitrogen and oxygen atoms in total. The van der Waals surface area contributed by atoms with E-state index in [1.807, 2.05) is 30.3 Å². The van der Waals surface area contributed by atoms with Gasteiger partial charge in [0, 0.05) is 18.7 Å². The third-order valence-corrected chi connectivity index (χ3v) is 6.34. The molecule has 0 saturated heterocycles. The number of nitrogens with zero attached hydrogens (tertiary/aromatic N) is 2. The number of aromatic nitrogens is 1. The van der Waals surface area contributed by atoms with Gasteiger partial charge in [0.1, 0.15) is 4.21 Å². The van der Waals surface area contributed by atoms with Gasteiger partial charge in [0.05, 0.1) is 12.2 Å². The predicted octanol–water partition coefficient (Wildman–Crippen LogP) is 3.22. The summed E-state index contributed by atoms with van der Waals surface area (Å²) in [4.78, 5) is 0. The first kappa shape index (κ1) is 15.0. The molecule has 7 heteroatoms. The summed E-state index contributed by atoms with van der Waals surface area (Å²) in [6.45, 7) is 0.163. The van der Waals surface area contributed by atoms with Crippen LogP contribution in [0.15, 0.2) is 62.6 Å². The van der Waals surface area contributed by atoms with E-state index in [1.54, 1.807) is 23.6 Å². The van der Waals surface area contributed by atoms with Gasteiger partial charge < -0.3 is 4.52 Å². The molecule has 22 heavy (non-hydrogen) atoms. The van der Waals surface area contributed by atoms with Gasteiger partial charge in [-0.15, -0.1) is 11.3 Å². The monoisotopic (exact) mass is 334 g/mol. The van der Waals surface area contributed by atoms with E-state index >= 15 is 0 Å². The summed E-state index contributed by atoms with van der Waals surface area (Å²) in [5.74, 6) is 0.623. The summed E-state index contributed by atoms with van der Waals surface area (Å²) in [7, 11) is -1.95. The summed E-state index contributed by atoms with van der Waals surface area (Å²) in [6.07, 6.45) is 0. The Kier molecular flexibility index (Phi) is 4.10. The minimum absolute atomic E-state index is 0.163. The van der Waals surface area contributed by atoms with E-state index in [9.17, 15) is 8.42 Å². The normalized spacial score (nSPS) is 11.9. The van der Waals surface area contributed by atoms with Crippen molar-refractivity contribution in [3.8, 4) is 11.3 Å². The number of hydrogen-bond acceptors (Lipinski definition) is 5.